The Bertz CT molecular complexity index is 892. The van der Waals surface area contributed by atoms with Crippen LogP contribution in [0.2, 0.25) is 0 Å². The fourth-order valence-electron chi connectivity index (χ4n) is 2.36. The highest BCUT2D eigenvalue weighted by molar-refractivity contribution is 7.15. The number of anilines is 1. The molecule has 0 aliphatic heterocycles. The third-order valence-corrected chi connectivity index (χ3v) is 4.59. The number of hydrogen-bond donors (Lipinski definition) is 1. The van der Waals surface area contributed by atoms with E-state index in [1.54, 1.807) is 6.20 Å². The lowest BCUT2D eigenvalue weighted by Crippen LogP contribution is -2.08. The van der Waals surface area contributed by atoms with Gasteiger partial charge in [0.2, 0.25) is 0 Å². The van der Waals surface area contributed by atoms with Crippen molar-refractivity contribution in [3.8, 4) is 16.3 Å². The number of aromatic nitrogens is 2. The number of hydrogen-bond acceptors (Lipinski definition) is 5. The first kappa shape index (κ1) is 19.2. The fourth-order valence-corrected chi connectivity index (χ4v) is 3.21. The summed E-state index contributed by atoms with van der Waals surface area (Å²) in [5.41, 5.74) is 0.411. The first-order valence-electron chi connectivity index (χ1n) is 8.30. The smallest absolute Gasteiger partial charge is 0.433 e. The average molecular weight is 393 g/mol. The van der Waals surface area contributed by atoms with E-state index >= 15 is 0 Å². The van der Waals surface area contributed by atoms with Crippen LogP contribution in [0.3, 0.4) is 0 Å². The number of rotatable bonds is 6. The highest BCUT2D eigenvalue weighted by Crippen LogP contribution is 2.30. The van der Waals surface area contributed by atoms with Gasteiger partial charge in [-0.1, -0.05) is 0 Å². The minimum Gasteiger partial charge on any atom is -0.491 e. The molecule has 1 N–H and O–H groups in total. The van der Waals surface area contributed by atoms with Gasteiger partial charge in [0.25, 0.3) is 0 Å². The second kappa shape index (κ2) is 7.96. The molecule has 0 fully saturated rings. The number of ether oxygens (including phenoxy) is 1. The van der Waals surface area contributed by atoms with E-state index in [0.29, 0.717) is 12.2 Å². The maximum absolute atomic E-state index is 12.7. The van der Waals surface area contributed by atoms with E-state index < -0.39 is 11.9 Å². The van der Waals surface area contributed by atoms with Crippen LogP contribution in [-0.4, -0.2) is 16.1 Å². The molecule has 4 nitrogen and oxygen atoms in total. The molecule has 0 amide bonds. The Morgan fingerprint density at radius 1 is 1.11 bits per heavy atom. The Morgan fingerprint density at radius 3 is 2.52 bits per heavy atom. The summed E-state index contributed by atoms with van der Waals surface area (Å²) in [6.45, 7) is 4.32. The van der Waals surface area contributed by atoms with Gasteiger partial charge in [0.15, 0.2) is 0 Å². The molecule has 3 aromatic rings. The van der Waals surface area contributed by atoms with Gasteiger partial charge >= 0.3 is 6.18 Å². The van der Waals surface area contributed by atoms with Gasteiger partial charge in [0.1, 0.15) is 16.5 Å². The number of nitrogens with one attached hydrogen (secondary N) is 1. The molecule has 0 saturated heterocycles. The van der Waals surface area contributed by atoms with E-state index in [0.717, 1.165) is 33.5 Å². The predicted octanol–water partition coefficient (Wildman–Crippen LogP) is 5.62. The molecule has 0 bridgehead atoms. The molecule has 1 aromatic carbocycles. The van der Waals surface area contributed by atoms with E-state index in [9.17, 15) is 13.2 Å². The van der Waals surface area contributed by atoms with Crippen LogP contribution in [0.5, 0.6) is 5.75 Å². The van der Waals surface area contributed by atoms with Gasteiger partial charge in [-0.05, 0) is 50.2 Å². The van der Waals surface area contributed by atoms with Gasteiger partial charge in [0.05, 0.1) is 12.6 Å². The lowest BCUT2D eigenvalue weighted by Gasteiger charge is -2.09. The molecule has 0 unspecified atom stereocenters. The van der Waals surface area contributed by atoms with Crippen LogP contribution < -0.4 is 10.1 Å². The first-order valence-corrected chi connectivity index (χ1v) is 9.12. The lowest BCUT2D eigenvalue weighted by molar-refractivity contribution is -0.141. The summed E-state index contributed by atoms with van der Waals surface area (Å²) in [4.78, 5) is 8.66. The van der Waals surface area contributed by atoms with Crippen molar-refractivity contribution in [1.82, 2.24) is 9.97 Å². The minimum atomic E-state index is -4.46. The van der Waals surface area contributed by atoms with Crippen molar-refractivity contribution in [2.75, 3.05) is 5.32 Å². The zero-order valence-corrected chi connectivity index (χ0v) is 15.6. The standard InChI is InChI=1S/C19H18F3N3OS/c1-12(2)26-15-5-3-13(4-6-15)18-25-11-16(27-18)10-24-14-7-8-23-17(9-14)19(20,21)22/h3-9,11-12H,10H2,1-2H3,(H,23,24). The normalized spacial score (nSPS) is 11.6. The maximum atomic E-state index is 12.7. The first-order chi connectivity index (χ1) is 12.8. The molecule has 3 rings (SSSR count). The van der Waals surface area contributed by atoms with Crippen molar-refractivity contribution in [1.29, 1.82) is 0 Å². The van der Waals surface area contributed by atoms with E-state index in [4.69, 9.17) is 4.74 Å². The Hall–Kier alpha value is -2.61. The number of halogens is 3. The summed E-state index contributed by atoms with van der Waals surface area (Å²) in [6.07, 6.45) is -1.48. The van der Waals surface area contributed by atoms with Crippen molar-refractivity contribution in [3.63, 3.8) is 0 Å². The topological polar surface area (TPSA) is 47.0 Å². The van der Waals surface area contributed by atoms with Crippen LogP contribution in [-0.2, 0) is 12.7 Å². The lowest BCUT2D eigenvalue weighted by atomic mass is 10.2. The number of thiazole rings is 1. The molecule has 0 aliphatic carbocycles. The molecule has 0 spiro atoms. The molecule has 8 heteroatoms. The average Bonchev–Trinajstić information content (AvgIpc) is 3.09. The number of pyridine rings is 1. The van der Waals surface area contributed by atoms with Gasteiger partial charge in [-0.2, -0.15) is 13.2 Å². The predicted molar refractivity (Wildman–Crippen MR) is 99.9 cm³/mol. The van der Waals surface area contributed by atoms with E-state index in [1.165, 1.54) is 17.4 Å². The van der Waals surface area contributed by atoms with E-state index in [1.807, 2.05) is 38.1 Å². The molecule has 142 valence electrons. The Kier molecular flexibility index (Phi) is 5.65. The van der Waals surface area contributed by atoms with Crippen LogP contribution in [0.1, 0.15) is 24.4 Å². The van der Waals surface area contributed by atoms with Gasteiger partial charge < -0.3 is 10.1 Å². The largest absolute Gasteiger partial charge is 0.491 e. The van der Waals surface area contributed by atoms with Crippen LogP contribution in [0.25, 0.3) is 10.6 Å². The Labute approximate surface area is 159 Å². The monoisotopic (exact) mass is 393 g/mol. The molecule has 0 atom stereocenters. The highest BCUT2D eigenvalue weighted by atomic mass is 32.1. The van der Waals surface area contributed by atoms with E-state index in [-0.39, 0.29) is 6.10 Å². The Balaban J connectivity index is 1.65. The summed E-state index contributed by atoms with van der Waals surface area (Å²) in [7, 11) is 0. The maximum Gasteiger partial charge on any atom is 0.433 e. The number of benzene rings is 1. The summed E-state index contributed by atoms with van der Waals surface area (Å²) in [6, 6.07) is 10.2. The third kappa shape index (κ3) is 5.19. The van der Waals surface area contributed by atoms with Crippen molar-refractivity contribution in [3.05, 3.63) is 59.4 Å². The summed E-state index contributed by atoms with van der Waals surface area (Å²) >= 11 is 1.48. The second-order valence-electron chi connectivity index (χ2n) is 6.10. The van der Waals surface area contributed by atoms with Gasteiger partial charge in [-0.3, -0.25) is 4.98 Å². The fraction of sp³-hybridized carbons (Fsp3) is 0.263. The molecule has 27 heavy (non-hydrogen) atoms. The Morgan fingerprint density at radius 2 is 1.85 bits per heavy atom. The molecule has 0 saturated carbocycles. The van der Waals surface area contributed by atoms with Crippen LogP contribution in [0.15, 0.2) is 48.8 Å². The molecule has 2 aromatic heterocycles. The van der Waals surface area contributed by atoms with Crippen molar-refractivity contribution < 1.29 is 17.9 Å². The SMILES string of the molecule is CC(C)Oc1ccc(-c2ncc(CNc3ccnc(C(F)(F)F)c3)s2)cc1. The molecular weight excluding hydrogens is 375 g/mol. The summed E-state index contributed by atoms with van der Waals surface area (Å²) in [5, 5.41) is 3.82. The zero-order valence-electron chi connectivity index (χ0n) is 14.7. The zero-order chi connectivity index (χ0) is 19.4. The highest BCUT2D eigenvalue weighted by Gasteiger charge is 2.32. The summed E-state index contributed by atoms with van der Waals surface area (Å²) in [5.74, 6) is 0.797. The molecule has 2 heterocycles. The van der Waals surface area contributed by atoms with Gasteiger partial charge in [-0.15, -0.1) is 11.3 Å². The van der Waals surface area contributed by atoms with Crippen molar-refractivity contribution in [2.45, 2.75) is 32.7 Å². The van der Waals surface area contributed by atoms with Gasteiger partial charge in [-0.25, -0.2) is 4.98 Å². The third-order valence-electron chi connectivity index (χ3n) is 3.54. The number of alkyl halides is 3. The van der Waals surface area contributed by atoms with Crippen LogP contribution in [0, 0.1) is 0 Å². The van der Waals surface area contributed by atoms with Crippen LogP contribution >= 0.6 is 11.3 Å². The van der Waals surface area contributed by atoms with E-state index in [2.05, 4.69) is 15.3 Å². The summed E-state index contributed by atoms with van der Waals surface area (Å²) < 4.78 is 43.8. The second-order valence-corrected chi connectivity index (χ2v) is 7.22. The quantitative estimate of drug-likeness (QED) is 0.590. The number of nitrogens with zero attached hydrogens (tertiary/aromatic N) is 2. The van der Waals surface area contributed by atoms with Crippen molar-refractivity contribution >= 4 is 17.0 Å². The molecule has 0 radical (unpaired) electrons. The molecule has 0 aliphatic rings. The van der Waals surface area contributed by atoms with Gasteiger partial charge in [0, 0.05) is 28.5 Å². The minimum absolute atomic E-state index is 0.111. The molecular formula is C19H18F3N3OS. The van der Waals surface area contributed by atoms with Crippen molar-refractivity contribution in [2.24, 2.45) is 0 Å². The van der Waals surface area contributed by atoms with Crippen LogP contribution in [0.4, 0.5) is 18.9 Å².